The Kier molecular flexibility index (Phi) is 6.61. The minimum absolute atomic E-state index is 0.0396. The van der Waals surface area contributed by atoms with Crippen LogP contribution in [-0.2, 0) is 0 Å². The Hall–Kier alpha value is -2.68. The van der Waals surface area contributed by atoms with E-state index < -0.39 is 5.97 Å². The summed E-state index contributed by atoms with van der Waals surface area (Å²) >= 11 is 0. The van der Waals surface area contributed by atoms with Crippen LogP contribution in [0.3, 0.4) is 0 Å². The van der Waals surface area contributed by atoms with E-state index in [0.717, 1.165) is 12.8 Å². The van der Waals surface area contributed by atoms with Crippen molar-refractivity contribution in [1.82, 2.24) is 5.32 Å². The van der Waals surface area contributed by atoms with Crippen LogP contribution in [0.5, 0.6) is 5.75 Å². The Bertz CT molecular complexity index is 549. The Morgan fingerprint density at radius 1 is 1.38 bits per heavy atom. The average molecular weight is 290 g/mol. The minimum Gasteiger partial charge on any atom is -0.496 e. The van der Waals surface area contributed by atoms with E-state index >= 15 is 0 Å². The number of benzene rings is 1. The second kappa shape index (κ2) is 8.48. The van der Waals surface area contributed by atoms with Crippen molar-refractivity contribution in [2.45, 2.75) is 19.3 Å². The molecule has 6 heteroatoms. The molecule has 0 radical (unpaired) electrons. The standard InChI is InChI=1S/C15H18N2O4/c1-3-4-5-6-9-16-15(20)17-11-7-8-12(14(18)19)13(10-11)21-2/h1,7-8,10H,4-6,9H2,2H3,(H,18,19)(H2,16,17,20). The molecule has 3 N–H and O–H groups in total. The quantitative estimate of drug-likeness (QED) is 0.531. The predicted octanol–water partition coefficient (Wildman–Crippen LogP) is 2.32. The third kappa shape index (κ3) is 5.45. The fourth-order valence-electron chi connectivity index (χ4n) is 1.67. The molecule has 0 bridgehead atoms. The molecule has 6 nitrogen and oxygen atoms in total. The molecule has 0 aliphatic rings. The molecule has 0 aromatic heterocycles. The second-order valence-electron chi connectivity index (χ2n) is 4.26. The highest BCUT2D eigenvalue weighted by atomic mass is 16.5. The van der Waals surface area contributed by atoms with Gasteiger partial charge in [0.1, 0.15) is 11.3 Å². The van der Waals surface area contributed by atoms with Crippen molar-refractivity contribution >= 4 is 17.7 Å². The van der Waals surface area contributed by atoms with E-state index in [2.05, 4.69) is 16.6 Å². The third-order valence-electron chi connectivity index (χ3n) is 2.72. The summed E-state index contributed by atoms with van der Waals surface area (Å²) in [6.45, 7) is 0.526. The van der Waals surface area contributed by atoms with Crippen LogP contribution in [-0.4, -0.2) is 30.8 Å². The van der Waals surface area contributed by atoms with Crippen molar-refractivity contribution in [1.29, 1.82) is 0 Å². The molecular formula is C15H18N2O4. The van der Waals surface area contributed by atoms with Crippen molar-refractivity contribution in [3.05, 3.63) is 23.8 Å². The molecule has 0 saturated heterocycles. The molecule has 0 spiro atoms. The van der Waals surface area contributed by atoms with Crippen LogP contribution in [0.2, 0.25) is 0 Å². The summed E-state index contributed by atoms with van der Waals surface area (Å²) in [5.41, 5.74) is 0.496. The molecule has 0 unspecified atom stereocenters. The van der Waals surface area contributed by atoms with Gasteiger partial charge in [0.25, 0.3) is 0 Å². The van der Waals surface area contributed by atoms with Crippen LogP contribution in [0.25, 0.3) is 0 Å². The molecule has 0 atom stereocenters. The summed E-state index contributed by atoms with van der Waals surface area (Å²) in [5, 5.41) is 14.3. The number of hydrogen-bond donors (Lipinski definition) is 3. The van der Waals surface area contributed by atoms with Gasteiger partial charge in [-0.1, -0.05) is 0 Å². The van der Waals surface area contributed by atoms with E-state index in [0.29, 0.717) is 18.7 Å². The van der Waals surface area contributed by atoms with Crippen LogP contribution in [0.1, 0.15) is 29.6 Å². The summed E-state index contributed by atoms with van der Waals surface area (Å²) in [5.74, 6) is 1.64. The molecule has 1 aromatic carbocycles. The van der Waals surface area contributed by atoms with Gasteiger partial charge < -0.3 is 20.5 Å². The maximum absolute atomic E-state index is 11.6. The van der Waals surface area contributed by atoms with E-state index in [1.165, 1.54) is 25.3 Å². The van der Waals surface area contributed by atoms with E-state index in [-0.39, 0.29) is 17.3 Å². The Labute approximate surface area is 123 Å². The van der Waals surface area contributed by atoms with Crippen LogP contribution in [0.15, 0.2) is 18.2 Å². The van der Waals surface area contributed by atoms with Gasteiger partial charge >= 0.3 is 12.0 Å². The molecule has 0 saturated carbocycles. The van der Waals surface area contributed by atoms with Gasteiger partial charge in [0.2, 0.25) is 0 Å². The van der Waals surface area contributed by atoms with E-state index in [4.69, 9.17) is 16.3 Å². The van der Waals surface area contributed by atoms with Crippen molar-refractivity contribution in [3.8, 4) is 18.1 Å². The van der Waals surface area contributed by atoms with Gasteiger partial charge in [0, 0.05) is 24.7 Å². The lowest BCUT2D eigenvalue weighted by atomic mass is 10.2. The van der Waals surface area contributed by atoms with Gasteiger partial charge in [-0.15, -0.1) is 12.3 Å². The largest absolute Gasteiger partial charge is 0.496 e. The van der Waals surface area contributed by atoms with E-state index in [1.807, 2.05) is 0 Å². The number of carbonyl (C=O) groups is 2. The van der Waals surface area contributed by atoms with Crippen molar-refractivity contribution in [3.63, 3.8) is 0 Å². The first-order chi connectivity index (χ1) is 10.1. The van der Waals surface area contributed by atoms with Crippen molar-refractivity contribution in [2.75, 3.05) is 19.0 Å². The smallest absolute Gasteiger partial charge is 0.339 e. The van der Waals surface area contributed by atoms with E-state index in [1.54, 1.807) is 0 Å². The molecule has 0 fully saturated rings. The highest BCUT2D eigenvalue weighted by Crippen LogP contribution is 2.23. The Balaban J connectivity index is 2.53. The predicted molar refractivity (Wildman–Crippen MR) is 79.7 cm³/mol. The second-order valence-corrected chi connectivity index (χ2v) is 4.26. The zero-order valence-corrected chi connectivity index (χ0v) is 11.8. The number of methoxy groups -OCH3 is 1. The van der Waals surface area contributed by atoms with Gasteiger partial charge in [-0.05, 0) is 25.0 Å². The molecule has 21 heavy (non-hydrogen) atoms. The number of carbonyl (C=O) groups excluding carboxylic acids is 1. The molecule has 1 aromatic rings. The van der Waals surface area contributed by atoms with Crippen molar-refractivity contribution in [2.24, 2.45) is 0 Å². The molecule has 112 valence electrons. The first-order valence-electron chi connectivity index (χ1n) is 6.48. The van der Waals surface area contributed by atoms with Crippen LogP contribution in [0, 0.1) is 12.3 Å². The number of rotatable bonds is 7. The monoisotopic (exact) mass is 290 g/mol. The number of amides is 2. The highest BCUT2D eigenvalue weighted by Gasteiger charge is 2.12. The normalized spacial score (nSPS) is 9.52. The minimum atomic E-state index is -1.09. The number of nitrogens with one attached hydrogen (secondary N) is 2. The summed E-state index contributed by atoms with van der Waals surface area (Å²) in [6, 6.07) is 3.98. The SMILES string of the molecule is C#CCCCCNC(=O)Nc1ccc(C(=O)O)c(OC)c1. The zero-order valence-electron chi connectivity index (χ0n) is 11.8. The first kappa shape index (κ1) is 16.4. The molecule has 0 heterocycles. The van der Waals surface area contributed by atoms with Gasteiger partial charge in [0.15, 0.2) is 0 Å². The van der Waals surface area contributed by atoms with Gasteiger partial charge in [-0.25, -0.2) is 9.59 Å². The van der Waals surface area contributed by atoms with Gasteiger partial charge in [-0.3, -0.25) is 0 Å². The average Bonchev–Trinajstić information content (AvgIpc) is 2.46. The van der Waals surface area contributed by atoms with E-state index in [9.17, 15) is 9.59 Å². The lowest BCUT2D eigenvalue weighted by molar-refractivity contribution is 0.0693. The number of anilines is 1. The molecule has 0 aliphatic heterocycles. The summed E-state index contributed by atoms with van der Waals surface area (Å²) in [4.78, 5) is 22.6. The third-order valence-corrected chi connectivity index (χ3v) is 2.72. The highest BCUT2D eigenvalue weighted by molar-refractivity contribution is 5.94. The summed E-state index contributed by atoms with van der Waals surface area (Å²) < 4.78 is 4.98. The molecular weight excluding hydrogens is 272 g/mol. The number of unbranched alkanes of at least 4 members (excludes halogenated alkanes) is 2. The van der Waals surface area contributed by atoms with Crippen molar-refractivity contribution < 1.29 is 19.4 Å². The summed E-state index contributed by atoms with van der Waals surface area (Å²) in [7, 11) is 1.37. The fraction of sp³-hybridized carbons (Fsp3) is 0.333. The molecule has 1 rings (SSSR count). The summed E-state index contributed by atoms with van der Waals surface area (Å²) in [6.07, 6.45) is 7.49. The lowest BCUT2D eigenvalue weighted by Crippen LogP contribution is -2.29. The Morgan fingerprint density at radius 2 is 2.14 bits per heavy atom. The first-order valence-corrected chi connectivity index (χ1v) is 6.48. The number of urea groups is 1. The molecule has 2 amide bonds. The maximum atomic E-state index is 11.6. The fourth-order valence-corrected chi connectivity index (χ4v) is 1.67. The lowest BCUT2D eigenvalue weighted by Gasteiger charge is -2.10. The van der Waals surface area contributed by atoms with Crippen LogP contribution in [0.4, 0.5) is 10.5 Å². The maximum Gasteiger partial charge on any atom is 0.339 e. The topological polar surface area (TPSA) is 87.7 Å². The number of aromatic carboxylic acids is 1. The Morgan fingerprint density at radius 3 is 2.76 bits per heavy atom. The molecule has 0 aliphatic carbocycles. The van der Waals surface area contributed by atoms with Crippen LogP contribution >= 0.6 is 0 Å². The zero-order chi connectivity index (χ0) is 15.7. The van der Waals surface area contributed by atoms with Crippen LogP contribution < -0.4 is 15.4 Å². The number of carboxylic acid groups (broad SMARTS) is 1. The number of terminal acetylenes is 1. The van der Waals surface area contributed by atoms with Gasteiger partial charge in [0.05, 0.1) is 7.11 Å². The number of ether oxygens (including phenoxy) is 1. The number of hydrogen-bond acceptors (Lipinski definition) is 3. The van der Waals surface area contributed by atoms with Gasteiger partial charge in [-0.2, -0.15) is 0 Å². The number of carboxylic acids is 1.